The molecule has 0 aromatic heterocycles. The molecule has 0 heterocycles. The SMILES string of the molecule is [CH2-]C.[CH2-]CCC(C)(C)C.[W+2]. The molecule has 0 aromatic rings. The number of rotatable bonds is 1. The summed E-state index contributed by atoms with van der Waals surface area (Å²) in [6.07, 6.45) is 2.29. The van der Waals surface area contributed by atoms with Crippen LogP contribution in [0.1, 0.15) is 40.5 Å². The summed E-state index contributed by atoms with van der Waals surface area (Å²) in [5.74, 6) is 0. The van der Waals surface area contributed by atoms with Crippen LogP contribution in [0.3, 0.4) is 0 Å². The van der Waals surface area contributed by atoms with Crippen LogP contribution in [0.4, 0.5) is 0 Å². The van der Waals surface area contributed by atoms with E-state index >= 15 is 0 Å². The summed E-state index contributed by atoms with van der Waals surface area (Å²) in [7, 11) is 0. The number of hydrogen-bond donors (Lipinski definition) is 0. The smallest absolute Gasteiger partial charge is 0.346 e. The van der Waals surface area contributed by atoms with Gasteiger partial charge in [0, 0.05) is 0 Å². The van der Waals surface area contributed by atoms with Crippen LogP contribution >= 0.6 is 0 Å². The summed E-state index contributed by atoms with van der Waals surface area (Å²) < 4.78 is 0. The molecule has 0 saturated carbocycles. The maximum Gasteiger partial charge on any atom is 2.00 e. The van der Waals surface area contributed by atoms with Crippen molar-refractivity contribution in [3.63, 3.8) is 0 Å². The minimum absolute atomic E-state index is 0. The second kappa shape index (κ2) is 9.69. The third-order valence-electron chi connectivity index (χ3n) is 0.927. The van der Waals surface area contributed by atoms with Gasteiger partial charge in [-0.1, -0.05) is 27.2 Å². The molecule has 0 atom stereocenters. The van der Waals surface area contributed by atoms with E-state index in [-0.39, 0.29) is 21.1 Å². The average Bonchev–Trinajstić information content (AvgIpc) is 1.69. The molecule has 0 nitrogen and oxygen atoms in total. The Morgan fingerprint density at radius 1 is 1.10 bits per heavy atom. The maximum absolute atomic E-state index is 3.77. The molecule has 0 aliphatic rings. The third kappa shape index (κ3) is 23.4. The first-order valence-corrected chi connectivity index (χ1v) is 3.56. The van der Waals surface area contributed by atoms with Crippen molar-refractivity contribution in [1.82, 2.24) is 0 Å². The minimum atomic E-state index is 0. The van der Waals surface area contributed by atoms with Gasteiger partial charge < -0.3 is 13.8 Å². The molecule has 62 valence electrons. The molecule has 0 unspecified atom stereocenters. The van der Waals surface area contributed by atoms with Crippen LogP contribution in [-0.2, 0) is 21.1 Å². The maximum atomic E-state index is 3.77. The molecule has 0 fully saturated rings. The molecule has 0 amide bonds. The molecule has 0 saturated heterocycles. The first-order valence-electron chi connectivity index (χ1n) is 3.56. The first kappa shape index (κ1) is 17.0. The Bertz CT molecular complexity index is 43.2. The Kier molecular flexibility index (Phi) is 16.4. The zero-order chi connectivity index (χ0) is 7.91. The topological polar surface area (TPSA) is 0 Å². The number of hydrogen-bond acceptors (Lipinski definition) is 0. The largest absolute Gasteiger partial charge is 2.00 e. The first-order chi connectivity index (χ1) is 4.06. The molecule has 0 spiro atoms. The van der Waals surface area contributed by atoms with Crippen molar-refractivity contribution >= 4 is 0 Å². The molecule has 0 aliphatic heterocycles. The van der Waals surface area contributed by atoms with Crippen molar-refractivity contribution in [1.29, 1.82) is 0 Å². The van der Waals surface area contributed by atoms with E-state index in [0.29, 0.717) is 5.41 Å². The van der Waals surface area contributed by atoms with E-state index in [1.807, 2.05) is 0 Å². The molecule has 0 radical (unpaired) electrons. The van der Waals surface area contributed by atoms with Crippen molar-refractivity contribution in [3.05, 3.63) is 13.8 Å². The van der Waals surface area contributed by atoms with Crippen LogP contribution in [0.5, 0.6) is 0 Å². The van der Waals surface area contributed by atoms with Crippen LogP contribution in [0.25, 0.3) is 0 Å². The quantitative estimate of drug-likeness (QED) is 0.650. The van der Waals surface area contributed by atoms with Gasteiger partial charge in [0.1, 0.15) is 0 Å². The van der Waals surface area contributed by atoms with E-state index in [1.165, 1.54) is 6.42 Å². The summed E-state index contributed by atoms with van der Waals surface area (Å²) in [4.78, 5) is 0. The monoisotopic (exact) mass is 312 g/mol. The van der Waals surface area contributed by atoms with E-state index in [1.54, 1.807) is 6.92 Å². The van der Waals surface area contributed by atoms with Gasteiger partial charge >= 0.3 is 21.1 Å². The van der Waals surface area contributed by atoms with Crippen LogP contribution in [-0.4, -0.2) is 0 Å². The Hall–Kier alpha value is 0.688. The van der Waals surface area contributed by atoms with E-state index in [0.717, 1.165) is 6.42 Å². The van der Waals surface area contributed by atoms with Gasteiger partial charge in [-0.25, -0.2) is 0 Å². The third-order valence-corrected chi connectivity index (χ3v) is 0.927. The van der Waals surface area contributed by atoms with Gasteiger partial charge in [-0.05, 0) is 5.41 Å². The van der Waals surface area contributed by atoms with Gasteiger partial charge in [0.25, 0.3) is 0 Å². The van der Waals surface area contributed by atoms with Gasteiger partial charge in [0.15, 0.2) is 0 Å². The average molecular weight is 312 g/mol. The second-order valence-corrected chi connectivity index (χ2v) is 3.16. The fourth-order valence-corrected chi connectivity index (χ4v) is 0.530. The van der Waals surface area contributed by atoms with Crippen molar-refractivity contribution < 1.29 is 21.1 Å². The Labute approximate surface area is 81.1 Å². The molecule has 1 heteroatoms. The predicted octanol–water partition coefficient (Wildman–Crippen LogP) is 3.48. The van der Waals surface area contributed by atoms with Crippen LogP contribution in [0, 0.1) is 19.3 Å². The molecule has 0 aromatic carbocycles. The van der Waals surface area contributed by atoms with E-state index in [9.17, 15) is 0 Å². The van der Waals surface area contributed by atoms with Gasteiger partial charge in [0.2, 0.25) is 0 Å². The molecule has 0 rings (SSSR count). The zero-order valence-corrected chi connectivity index (χ0v) is 10.7. The Morgan fingerprint density at radius 3 is 1.40 bits per heavy atom. The molecule has 0 bridgehead atoms. The standard InChI is InChI=1S/C7H15.C2H5.W/c1-5-6-7(2,3)4;1-2;/h1,5-6H2,2-4H3;1H2,2H3;/q2*-1;+2. The van der Waals surface area contributed by atoms with E-state index < -0.39 is 0 Å². The van der Waals surface area contributed by atoms with Crippen molar-refractivity contribution in [2.45, 2.75) is 40.5 Å². The fraction of sp³-hybridized carbons (Fsp3) is 0.778. The molecular formula is C9H20W. The second-order valence-electron chi connectivity index (χ2n) is 3.16. The fourth-order valence-electron chi connectivity index (χ4n) is 0.530. The molecular weight excluding hydrogens is 292 g/mol. The normalized spacial score (nSPS) is 9.00. The zero-order valence-electron chi connectivity index (χ0n) is 7.74. The minimum Gasteiger partial charge on any atom is -0.346 e. The van der Waals surface area contributed by atoms with Crippen molar-refractivity contribution in [3.8, 4) is 0 Å². The Morgan fingerprint density at radius 2 is 1.40 bits per heavy atom. The summed E-state index contributed by atoms with van der Waals surface area (Å²) in [5.41, 5.74) is 0.488. The van der Waals surface area contributed by atoms with Crippen LogP contribution in [0.2, 0.25) is 0 Å². The molecule has 0 N–H and O–H groups in total. The van der Waals surface area contributed by atoms with Gasteiger partial charge in [-0.2, -0.15) is 13.3 Å². The van der Waals surface area contributed by atoms with Crippen molar-refractivity contribution in [2.75, 3.05) is 0 Å². The van der Waals surface area contributed by atoms with E-state index in [4.69, 9.17) is 0 Å². The van der Waals surface area contributed by atoms with Crippen LogP contribution in [0.15, 0.2) is 0 Å². The van der Waals surface area contributed by atoms with Gasteiger partial charge in [-0.3, -0.25) is 0 Å². The Balaban J connectivity index is -0.000000149. The summed E-state index contributed by atoms with van der Waals surface area (Å²) >= 11 is 0. The molecule has 0 aliphatic carbocycles. The summed E-state index contributed by atoms with van der Waals surface area (Å²) in [6.45, 7) is 15.5. The summed E-state index contributed by atoms with van der Waals surface area (Å²) in [5, 5.41) is 0. The van der Waals surface area contributed by atoms with E-state index in [2.05, 4.69) is 34.6 Å². The van der Waals surface area contributed by atoms with Gasteiger partial charge in [-0.15, -0.1) is 0 Å². The molecule has 10 heavy (non-hydrogen) atoms. The van der Waals surface area contributed by atoms with Gasteiger partial charge in [0.05, 0.1) is 0 Å². The van der Waals surface area contributed by atoms with Crippen molar-refractivity contribution in [2.24, 2.45) is 5.41 Å². The van der Waals surface area contributed by atoms with Crippen LogP contribution < -0.4 is 0 Å². The predicted molar refractivity (Wildman–Crippen MR) is 45.1 cm³/mol. The summed E-state index contributed by atoms with van der Waals surface area (Å²) in [6, 6.07) is 0.